The summed E-state index contributed by atoms with van der Waals surface area (Å²) in [4.78, 5) is 43.4. The van der Waals surface area contributed by atoms with Gasteiger partial charge in [-0.25, -0.2) is 0 Å². The maximum absolute atomic E-state index is 11.6. The van der Waals surface area contributed by atoms with E-state index in [1.165, 1.54) is 0 Å². The van der Waals surface area contributed by atoms with Gasteiger partial charge >= 0.3 is 24.9 Å². The highest BCUT2D eigenvalue weighted by molar-refractivity contribution is 5.80. The molecule has 3 fully saturated rings. The molecule has 0 radical (unpaired) electrons. The molecule has 6 atom stereocenters. The van der Waals surface area contributed by atoms with Crippen molar-refractivity contribution in [1.29, 1.82) is 0 Å². The van der Waals surface area contributed by atoms with Crippen LogP contribution in [-0.2, 0) is 28.7 Å². The summed E-state index contributed by atoms with van der Waals surface area (Å²) < 4.78 is 8.80. The van der Waals surface area contributed by atoms with Gasteiger partial charge < -0.3 is 9.47 Å². The van der Waals surface area contributed by atoms with Gasteiger partial charge in [0.25, 0.3) is 0 Å². The number of rotatable bonds is 5. The summed E-state index contributed by atoms with van der Waals surface area (Å²) in [7, 11) is 0. The predicted octanol–water partition coefficient (Wildman–Crippen LogP) is 0.684. The fraction of sp³-hybridized carbons (Fsp3) is 0.714. The van der Waals surface area contributed by atoms with Crippen LogP contribution < -0.4 is 0 Å². The lowest BCUT2D eigenvalue weighted by Crippen LogP contribution is -2.47. The summed E-state index contributed by atoms with van der Waals surface area (Å²) in [6.07, 6.45) is 2.95. The molecule has 0 heterocycles. The summed E-state index contributed by atoms with van der Waals surface area (Å²) >= 11 is 0. The smallest absolute Gasteiger partial charge is 0.316 e. The minimum absolute atomic E-state index is 0.150. The largest absolute Gasteiger partial charge is 0.395 e. The van der Waals surface area contributed by atoms with Crippen molar-refractivity contribution in [1.82, 2.24) is 0 Å². The standard InChI is InChI=1S/C14H16O6/c15-5-19-12(17)3-7-1-8-2-9(7)10-4-11(13(8)10)14(18)20-6-16/h5-11,13H,1-4H2. The molecule has 2 bridgehead atoms. The Bertz CT molecular complexity index is 457. The molecule has 6 nitrogen and oxygen atoms in total. The fourth-order valence-electron chi connectivity index (χ4n) is 4.83. The third-order valence-electron chi connectivity index (χ3n) is 5.44. The molecular weight excluding hydrogens is 264 g/mol. The third-order valence-corrected chi connectivity index (χ3v) is 5.44. The van der Waals surface area contributed by atoms with Crippen LogP contribution in [0.25, 0.3) is 0 Å². The van der Waals surface area contributed by atoms with Crippen LogP contribution in [0.3, 0.4) is 0 Å². The second-order valence-corrected chi connectivity index (χ2v) is 6.06. The average molecular weight is 280 g/mol. The van der Waals surface area contributed by atoms with E-state index < -0.39 is 11.9 Å². The van der Waals surface area contributed by atoms with Crippen molar-refractivity contribution in [3.63, 3.8) is 0 Å². The number of hydrogen-bond acceptors (Lipinski definition) is 6. The molecule has 0 aromatic heterocycles. The van der Waals surface area contributed by atoms with Crippen molar-refractivity contribution in [2.24, 2.45) is 35.5 Å². The first-order valence-electron chi connectivity index (χ1n) is 6.93. The van der Waals surface area contributed by atoms with E-state index in [1.54, 1.807) is 0 Å². The molecule has 3 aliphatic rings. The van der Waals surface area contributed by atoms with Crippen molar-refractivity contribution in [3.05, 3.63) is 0 Å². The van der Waals surface area contributed by atoms with Gasteiger partial charge in [0.1, 0.15) is 0 Å². The summed E-state index contributed by atoms with van der Waals surface area (Å²) in [5.74, 6) is 0.857. The first kappa shape index (κ1) is 13.3. The molecule has 6 heteroatoms. The predicted molar refractivity (Wildman–Crippen MR) is 63.7 cm³/mol. The first-order valence-corrected chi connectivity index (χ1v) is 6.93. The Morgan fingerprint density at radius 1 is 1.00 bits per heavy atom. The Kier molecular flexibility index (Phi) is 3.31. The zero-order valence-electron chi connectivity index (χ0n) is 10.9. The fourth-order valence-corrected chi connectivity index (χ4v) is 4.83. The molecule has 3 rings (SSSR count). The molecule has 0 aromatic rings. The average Bonchev–Trinajstić information content (AvgIpc) is 2.82. The molecule has 20 heavy (non-hydrogen) atoms. The van der Waals surface area contributed by atoms with E-state index in [4.69, 9.17) is 0 Å². The molecule has 108 valence electrons. The lowest BCUT2D eigenvalue weighted by atomic mass is 9.56. The maximum Gasteiger partial charge on any atom is 0.316 e. The number of hydrogen-bond donors (Lipinski definition) is 0. The van der Waals surface area contributed by atoms with Crippen molar-refractivity contribution in [2.45, 2.75) is 25.7 Å². The second kappa shape index (κ2) is 5.00. The van der Waals surface area contributed by atoms with Crippen LogP contribution in [0.4, 0.5) is 0 Å². The van der Waals surface area contributed by atoms with Crippen LogP contribution in [0.1, 0.15) is 25.7 Å². The number of carbonyl (C=O) groups is 4. The Balaban J connectivity index is 1.58. The highest BCUT2D eigenvalue weighted by Crippen LogP contribution is 2.66. The van der Waals surface area contributed by atoms with Crippen LogP contribution in [0.15, 0.2) is 0 Å². The van der Waals surface area contributed by atoms with Crippen LogP contribution in [0.5, 0.6) is 0 Å². The molecule has 0 saturated heterocycles. The van der Waals surface area contributed by atoms with Crippen LogP contribution in [-0.4, -0.2) is 24.9 Å². The van der Waals surface area contributed by atoms with Gasteiger partial charge in [0.05, 0.1) is 5.92 Å². The Labute approximate surface area is 115 Å². The number of carbonyl (C=O) groups excluding carboxylic acids is 4. The maximum atomic E-state index is 11.6. The van der Waals surface area contributed by atoms with E-state index in [0.29, 0.717) is 23.7 Å². The summed E-state index contributed by atoms with van der Waals surface area (Å²) in [6, 6.07) is 0. The molecular formula is C14H16O6. The zero-order valence-corrected chi connectivity index (χ0v) is 10.9. The molecule has 0 aromatic carbocycles. The van der Waals surface area contributed by atoms with Gasteiger partial charge in [0, 0.05) is 6.42 Å². The van der Waals surface area contributed by atoms with E-state index >= 15 is 0 Å². The lowest BCUT2D eigenvalue weighted by Gasteiger charge is -2.47. The SMILES string of the molecule is O=COC(=O)CC1CC2CC1C1CC(C(=O)OC=O)C21. The summed E-state index contributed by atoms with van der Waals surface area (Å²) in [6.45, 7) is 0.369. The van der Waals surface area contributed by atoms with Crippen LogP contribution in [0.2, 0.25) is 0 Å². The highest BCUT2D eigenvalue weighted by Gasteiger charge is 2.62. The Morgan fingerprint density at radius 3 is 2.40 bits per heavy atom. The molecule has 0 amide bonds. The molecule has 0 spiro atoms. The minimum Gasteiger partial charge on any atom is -0.395 e. The van der Waals surface area contributed by atoms with E-state index in [0.717, 1.165) is 19.3 Å². The van der Waals surface area contributed by atoms with Gasteiger partial charge in [0.15, 0.2) is 0 Å². The van der Waals surface area contributed by atoms with E-state index in [9.17, 15) is 19.2 Å². The van der Waals surface area contributed by atoms with E-state index in [2.05, 4.69) is 9.47 Å². The topological polar surface area (TPSA) is 86.7 Å². The number of fused-ring (bicyclic) bond motifs is 5. The van der Waals surface area contributed by atoms with Gasteiger partial charge in [-0.2, -0.15) is 0 Å². The third kappa shape index (κ3) is 1.94. The zero-order chi connectivity index (χ0) is 14.3. The molecule has 0 aliphatic heterocycles. The Hall–Kier alpha value is -1.72. The van der Waals surface area contributed by atoms with Crippen molar-refractivity contribution in [2.75, 3.05) is 0 Å². The Morgan fingerprint density at radius 2 is 1.75 bits per heavy atom. The van der Waals surface area contributed by atoms with Crippen molar-refractivity contribution in [3.8, 4) is 0 Å². The summed E-state index contributed by atoms with van der Waals surface area (Å²) in [5, 5.41) is 0. The van der Waals surface area contributed by atoms with E-state index in [-0.39, 0.29) is 31.2 Å². The lowest BCUT2D eigenvalue weighted by molar-refractivity contribution is -0.166. The molecule has 3 aliphatic carbocycles. The van der Waals surface area contributed by atoms with Crippen molar-refractivity contribution < 1.29 is 28.7 Å². The van der Waals surface area contributed by atoms with Gasteiger partial charge in [0.2, 0.25) is 0 Å². The monoisotopic (exact) mass is 280 g/mol. The second-order valence-electron chi connectivity index (χ2n) is 6.06. The minimum atomic E-state index is -0.467. The van der Waals surface area contributed by atoms with Gasteiger partial charge in [-0.15, -0.1) is 0 Å². The quantitative estimate of drug-likeness (QED) is 0.418. The molecule has 3 saturated carbocycles. The molecule has 6 unspecified atom stereocenters. The van der Waals surface area contributed by atoms with Crippen molar-refractivity contribution >= 4 is 24.9 Å². The van der Waals surface area contributed by atoms with Crippen LogP contribution >= 0.6 is 0 Å². The van der Waals surface area contributed by atoms with Gasteiger partial charge in [-0.3, -0.25) is 19.2 Å². The molecule has 0 N–H and O–H groups in total. The van der Waals surface area contributed by atoms with E-state index in [1.807, 2.05) is 0 Å². The number of esters is 2. The van der Waals surface area contributed by atoms with Crippen LogP contribution in [0, 0.1) is 35.5 Å². The number of ether oxygens (including phenoxy) is 2. The van der Waals surface area contributed by atoms with Gasteiger partial charge in [-0.1, -0.05) is 0 Å². The first-order chi connectivity index (χ1) is 9.65. The van der Waals surface area contributed by atoms with Gasteiger partial charge in [-0.05, 0) is 48.9 Å². The normalized spacial score (nSPS) is 40.4. The highest BCUT2D eigenvalue weighted by atomic mass is 16.6. The summed E-state index contributed by atoms with van der Waals surface area (Å²) in [5.41, 5.74) is 0.